The quantitative estimate of drug-likeness (QED) is 0.383. The summed E-state index contributed by atoms with van der Waals surface area (Å²) in [6.45, 7) is 0.246. The molecular weight excluding hydrogens is 360 g/mol. The van der Waals surface area contributed by atoms with Gasteiger partial charge in [-0.3, -0.25) is 14.8 Å². The van der Waals surface area contributed by atoms with Gasteiger partial charge in [-0.2, -0.15) is 5.06 Å². The number of fused-ring (bicyclic) bond motifs is 1. The number of esters is 1. The Kier molecular flexibility index (Phi) is 6.18. The van der Waals surface area contributed by atoms with Crippen molar-refractivity contribution >= 4 is 28.5 Å². The highest BCUT2D eigenvalue weighted by Gasteiger charge is 2.16. The van der Waals surface area contributed by atoms with E-state index < -0.39 is 11.9 Å². The molecule has 3 rings (SSSR count). The number of nitrogens with zero attached hydrogens (tertiary/aromatic N) is 2. The molecule has 0 saturated heterocycles. The van der Waals surface area contributed by atoms with E-state index in [1.807, 2.05) is 36.4 Å². The monoisotopic (exact) mass is 380 g/mol. The van der Waals surface area contributed by atoms with Crippen molar-refractivity contribution in [1.82, 2.24) is 4.98 Å². The minimum atomic E-state index is -0.612. The van der Waals surface area contributed by atoms with Gasteiger partial charge in [0, 0.05) is 17.9 Å². The number of amides is 1. The van der Waals surface area contributed by atoms with E-state index >= 15 is 0 Å². The number of anilines is 1. The van der Waals surface area contributed by atoms with E-state index in [-0.39, 0.29) is 25.1 Å². The highest BCUT2D eigenvalue weighted by molar-refractivity contribution is 5.92. The number of pyridine rings is 1. The van der Waals surface area contributed by atoms with E-state index in [1.165, 1.54) is 13.2 Å². The molecule has 0 radical (unpaired) electrons. The van der Waals surface area contributed by atoms with E-state index in [0.29, 0.717) is 10.8 Å². The molecule has 7 heteroatoms. The van der Waals surface area contributed by atoms with Crippen LogP contribution in [0.4, 0.5) is 5.69 Å². The van der Waals surface area contributed by atoms with Crippen LogP contribution >= 0.6 is 0 Å². The summed E-state index contributed by atoms with van der Waals surface area (Å²) in [4.78, 5) is 27.7. The van der Waals surface area contributed by atoms with Crippen molar-refractivity contribution < 1.29 is 24.3 Å². The van der Waals surface area contributed by atoms with Gasteiger partial charge in [0.15, 0.2) is 0 Å². The van der Waals surface area contributed by atoms with Gasteiger partial charge in [-0.15, -0.1) is 0 Å². The van der Waals surface area contributed by atoms with Crippen molar-refractivity contribution in [2.75, 3.05) is 12.2 Å². The molecule has 0 spiro atoms. The topological polar surface area (TPSA) is 89.0 Å². The number of carbonyl (C=O) groups is 2. The highest BCUT2D eigenvalue weighted by Crippen LogP contribution is 2.22. The van der Waals surface area contributed by atoms with Gasteiger partial charge in [0.05, 0.1) is 30.4 Å². The van der Waals surface area contributed by atoms with Crippen molar-refractivity contribution in [3.63, 3.8) is 0 Å². The van der Waals surface area contributed by atoms with E-state index in [2.05, 4.69) is 9.72 Å². The van der Waals surface area contributed by atoms with Crippen LogP contribution in [0.25, 0.3) is 10.9 Å². The molecule has 0 fully saturated rings. The van der Waals surface area contributed by atoms with Crippen molar-refractivity contribution in [2.24, 2.45) is 0 Å². The lowest BCUT2D eigenvalue weighted by Crippen LogP contribution is -2.27. The Labute approximate surface area is 162 Å². The fourth-order valence-corrected chi connectivity index (χ4v) is 2.61. The second kappa shape index (κ2) is 8.96. The van der Waals surface area contributed by atoms with E-state index in [0.717, 1.165) is 16.6 Å². The van der Waals surface area contributed by atoms with E-state index in [4.69, 9.17) is 4.74 Å². The van der Waals surface area contributed by atoms with Crippen molar-refractivity contribution in [3.8, 4) is 5.75 Å². The number of methoxy groups -OCH3 is 1. The molecule has 0 aliphatic heterocycles. The molecule has 0 aliphatic rings. The minimum absolute atomic E-state index is 0.101. The van der Waals surface area contributed by atoms with Crippen LogP contribution < -0.4 is 9.80 Å². The lowest BCUT2D eigenvalue weighted by Gasteiger charge is -2.16. The number of hydroxylamine groups is 1. The summed E-state index contributed by atoms with van der Waals surface area (Å²) in [7, 11) is 1.24. The van der Waals surface area contributed by atoms with Gasteiger partial charge in [-0.05, 0) is 24.3 Å². The third-order valence-corrected chi connectivity index (χ3v) is 4.11. The fraction of sp³-hybridized carbons (Fsp3) is 0.190. The zero-order valence-electron chi connectivity index (χ0n) is 15.4. The molecule has 1 aromatic heterocycles. The van der Waals surface area contributed by atoms with E-state index in [1.54, 1.807) is 18.2 Å². The summed E-state index contributed by atoms with van der Waals surface area (Å²) in [6.07, 6.45) is -0.258. The van der Waals surface area contributed by atoms with Crippen molar-refractivity contribution in [2.45, 2.75) is 19.4 Å². The Bertz CT molecular complexity index is 989. The number of rotatable bonds is 7. The Morgan fingerprint density at radius 1 is 1.04 bits per heavy atom. The third-order valence-electron chi connectivity index (χ3n) is 4.11. The molecule has 0 atom stereocenters. The number of aromatic nitrogens is 1. The third kappa shape index (κ3) is 4.83. The van der Waals surface area contributed by atoms with Gasteiger partial charge in [-0.25, -0.2) is 4.98 Å². The second-order valence-electron chi connectivity index (χ2n) is 6.06. The Balaban J connectivity index is 1.63. The summed E-state index contributed by atoms with van der Waals surface area (Å²) in [5.41, 5.74) is 1.90. The van der Waals surface area contributed by atoms with Crippen LogP contribution in [0.1, 0.15) is 18.5 Å². The molecule has 1 amide bonds. The maximum atomic E-state index is 12.0. The number of benzene rings is 2. The normalized spacial score (nSPS) is 10.5. The number of hydrogen-bond acceptors (Lipinski definition) is 6. The van der Waals surface area contributed by atoms with Crippen LogP contribution in [0.5, 0.6) is 5.75 Å². The first kappa shape index (κ1) is 19.3. The fourth-order valence-electron chi connectivity index (χ4n) is 2.61. The van der Waals surface area contributed by atoms with Gasteiger partial charge >= 0.3 is 5.97 Å². The Morgan fingerprint density at radius 3 is 2.68 bits per heavy atom. The first-order valence-corrected chi connectivity index (χ1v) is 8.73. The molecule has 1 N–H and O–H groups in total. The molecule has 1 heterocycles. The maximum Gasteiger partial charge on any atom is 0.306 e. The van der Waals surface area contributed by atoms with Crippen molar-refractivity contribution in [1.29, 1.82) is 0 Å². The van der Waals surface area contributed by atoms with Crippen LogP contribution in [0, 0.1) is 0 Å². The molecule has 2 aromatic carbocycles. The molecule has 0 unspecified atom stereocenters. The average molecular weight is 380 g/mol. The number of ether oxygens (including phenoxy) is 2. The lowest BCUT2D eigenvalue weighted by atomic mass is 10.2. The molecule has 3 aromatic rings. The molecule has 0 bridgehead atoms. The van der Waals surface area contributed by atoms with Crippen molar-refractivity contribution in [3.05, 3.63) is 66.4 Å². The lowest BCUT2D eigenvalue weighted by molar-refractivity contribution is -0.142. The Hall–Kier alpha value is -3.45. The van der Waals surface area contributed by atoms with Gasteiger partial charge in [0.25, 0.3) is 5.91 Å². The zero-order valence-corrected chi connectivity index (χ0v) is 15.4. The second-order valence-corrected chi connectivity index (χ2v) is 6.06. The van der Waals surface area contributed by atoms with Gasteiger partial charge in [0.2, 0.25) is 0 Å². The van der Waals surface area contributed by atoms with Gasteiger partial charge in [-0.1, -0.05) is 30.3 Å². The molecule has 0 saturated carbocycles. The molecule has 0 aliphatic carbocycles. The van der Waals surface area contributed by atoms with Crippen LogP contribution in [0.2, 0.25) is 0 Å². The molecule has 28 heavy (non-hydrogen) atoms. The molecular formula is C21H20N2O5. The van der Waals surface area contributed by atoms with Crippen LogP contribution in [-0.2, 0) is 20.9 Å². The highest BCUT2D eigenvalue weighted by atomic mass is 16.5. The minimum Gasteiger partial charge on any atom is -0.487 e. The number of hydrogen-bond donors (Lipinski definition) is 1. The van der Waals surface area contributed by atoms with Crippen LogP contribution in [-0.4, -0.2) is 29.2 Å². The van der Waals surface area contributed by atoms with Gasteiger partial charge < -0.3 is 9.47 Å². The smallest absolute Gasteiger partial charge is 0.306 e. The first-order chi connectivity index (χ1) is 13.6. The molecule has 7 nitrogen and oxygen atoms in total. The largest absolute Gasteiger partial charge is 0.487 e. The predicted molar refractivity (Wildman–Crippen MR) is 103 cm³/mol. The molecule has 144 valence electrons. The predicted octanol–water partition coefficient (Wildman–Crippen LogP) is 3.49. The van der Waals surface area contributed by atoms with Crippen LogP contribution in [0.3, 0.4) is 0 Å². The summed E-state index contributed by atoms with van der Waals surface area (Å²) in [6, 6.07) is 18.2. The number of para-hydroxylation sites is 1. The van der Waals surface area contributed by atoms with Crippen LogP contribution in [0.15, 0.2) is 60.7 Å². The van der Waals surface area contributed by atoms with E-state index in [9.17, 15) is 14.8 Å². The maximum absolute atomic E-state index is 12.0. The summed E-state index contributed by atoms with van der Waals surface area (Å²) in [5, 5.41) is 11.6. The zero-order chi connectivity index (χ0) is 19.9. The average Bonchev–Trinajstić information content (AvgIpc) is 2.75. The summed E-state index contributed by atoms with van der Waals surface area (Å²) >= 11 is 0. The SMILES string of the molecule is COC(=O)CCC(=O)N(O)c1cccc(OCc2ccc3ccccc3n2)c1. The first-order valence-electron chi connectivity index (χ1n) is 8.73. The summed E-state index contributed by atoms with van der Waals surface area (Å²) in [5.74, 6) is -0.646. The summed E-state index contributed by atoms with van der Waals surface area (Å²) < 4.78 is 10.2. The number of carbonyl (C=O) groups excluding carboxylic acids is 2. The standard InChI is InChI=1S/C21H20N2O5/c1-27-21(25)12-11-20(24)23(26)17-6-4-7-18(13-17)28-14-16-10-9-15-5-2-3-8-19(15)22-16/h2-10,13,26H,11-12,14H2,1H3. The van der Waals surface area contributed by atoms with Gasteiger partial charge in [0.1, 0.15) is 12.4 Å². The Morgan fingerprint density at radius 2 is 1.86 bits per heavy atom.